The van der Waals surface area contributed by atoms with Gasteiger partial charge in [-0.1, -0.05) is 49.4 Å². The molecule has 6 heteroatoms. The lowest BCUT2D eigenvalue weighted by atomic mass is 10.1. The van der Waals surface area contributed by atoms with Crippen LogP contribution in [0.25, 0.3) is 22.9 Å². The van der Waals surface area contributed by atoms with Crippen molar-refractivity contribution < 1.29 is 8.42 Å². The van der Waals surface area contributed by atoms with Crippen LogP contribution in [0.3, 0.4) is 0 Å². The fourth-order valence-corrected chi connectivity index (χ4v) is 4.44. The third-order valence-corrected chi connectivity index (χ3v) is 6.74. The van der Waals surface area contributed by atoms with Crippen molar-refractivity contribution in [2.24, 2.45) is 0 Å². The van der Waals surface area contributed by atoms with E-state index in [-0.39, 0.29) is 0 Å². The first-order valence-corrected chi connectivity index (χ1v) is 12.2. The Balaban J connectivity index is 1.64. The molecule has 0 unspecified atom stereocenters. The third-order valence-electron chi connectivity index (χ3n) is 5.61. The zero-order valence-electron chi connectivity index (χ0n) is 17.5. The standard InChI is InChI=1S/C24H27N3O2S/c1-3-26-14-16-27(17-15-26)24-23-7-5-4-6-20(23)18-21(25-24)11-8-19-9-12-22(13-10-19)30(2,28)29/h4-13,18H,3,14-17H2,1-2H3. The molecule has 3 aromatic rings. The molecular weight excluding hydrogens is 394 g/mol. The van der Waals surface area contributed by atoms with Crippen LogP contribution in [-0.4, -0.2) is 57.3 Å². The van der Waals surface area contributed by atoms with Crippen LogP contribution < -0.4 is 4.90 Å². The first-order valence-electron chi connectivity index (χ1n) is 10.3. The Hall–Kier alpha value is -2.70. The maximum atomic E-state index is 11.6. The van der Waals surface area contributed by atoms with E-state index in [2.05, 4.69) is 47.1 Å². The second-order valence-corrected chi connectivity index (χ2v) is 9.70. The summed E-state index contributed by atoms with van der Waals surface area (Å²) in [5.41, 5.74) is 1.84. The number of hydrogen-bond donors (Lipinski definition) is 0. The number of rotatable bonds is 5. The molecule has 1 aliphatic heterocycles. The highest BCUT2D eigenvalue weighted by Crippen LogP contribution is 2.27. The first-order chi connectivity index (χ1) is 14.4. The van der Waals surface area contributed by atoms with Crippen LogP contribution in [0, 0.1) is 0 Å². The van der Waals surface area contributed by atoms with E-state index in [4.69, 9.17) is 4.98 Å². The van der Waals surface area contributed by atoms with E-state index >= 15 is 0 Å². The molecule has 1 aromatic heterocycles. The van der Waals surface area contributed by atoms with Gasteiger partial charge >= 0.3 is 0 Å². The molecule has 0 spiro atoms. The van der Waals surface area contributed by atoms with Crippen molar-refractivity contribution in [1.29, 1.82) is 0 Å². The SMILES string of the molecule is CCN1CCN(c2nc(C=Cc3ccc(S(C)(=O)=O)cc3)cc3ccccc23)CC1. The predicted octanol–water partition coefficient (Wildman–Crippen LogP) is 3.95. The Bertz CT molecular complexity index is 1160. The van der Waals surface area contributed by atoms with Crippen molar-refractivity contribution in [3.05, 3.63) is 65.9 Å². The summed E-state index contributed by atoms with van der Waals surface area (Å²) in [5, 5.41) is 2.35. The molecule has 1 aliphatic rings. The van der Waals surface area contributed by atoms with Gasteiger partial charge in [0.25, 0.3) is 0 Å². The van der Waals surface area contributed by atoms with Gasteiger partial charge in [0.15, 0.2) is 9.84 Å². The fourth-order valence-electron chi connectivity index (χ4n) is 3.81. The van der Waals surface area contributed by atoms with Crippen molar-refractivity contribution in [1.82, 2.24) is 9.88 Å². The van der Waals surface area contributed by atoms with Crippen molar-refractivity contribution in [3.63, 3.8) is 0 Å². The third kappa shape index (κ3) is 4.55. The van der Waals surface area contributed by atoms with Crippen LogP contribution >= 0.6 is 0 Å². The van der Waals surface area contributed by atoms with Gasteiger partial charge in [0.1, 0.15) is 5.82 Å². The molecule has 2 heterocycles. The Morgan fingerprint density at radius 2 is 1.67 bits per heavy atom. The minimum atomic E-state index is -3.18. The quantitative estimate of drug-likeness (QED) is 0.624. The maximum Gasteiger partial charge on any atom is 0.175 e. The molecule has 156 valence electrons. The van der Waals surface area contributed by atoms with Crippen molar-refractivity contribution in [2.45, 2.75) is 11.8 Å². The molecule has 5 nitrogen and oxygen atoms in total. The number of piperazine rings is 1. The summed E-state index contributed by atoms with van der Waals surface area (Å²) in [4.78, 5) is 10.1. The lowest BCUT2D eigenvalue weighted by molar-refractivity contribution is 0.271. The van der Waals surface area contributed by atoms with E-state index in [0.29, 0.717) is 4.90 Å². The van der Waals surface area contributed by atoms with Gasteiger partial charge in [-0.25, -0.2) is 13.4 Å². The maximum absolute atomic E-state index is 11.6. The van der Waals surface area contributed by atoms with Gasteiger partial charge in [0.2, 0.25) is 0 Å². The minimum Gasteiger partial charge on any atom is -0.354 e. The van der Waals surface area contributed by atoms with E-state index in [1.807, 2.05) is 24.3 Å². The number of hydrogen-bond acceptors (Lipinski definition) is 5. The van der Waals surface area contributed by atoms with Crippen molar-refractivity contribution in [2.75, 3.05) is 43.9 Å². The number of likely N-dealkylation sites (N-methyl/N-ethyl adjacent to an activating group) is 1. The van der Waals surface area contributed by atoms with Crippen LogP contribution in [0.15, 0.2) is 59.5 Å². The molecule has 0 radical (unpaired) electrons. The lowest BCUT2D eigenvalue weighted by Crippen LogP contribution is -2.46. The number of pyridine rings is 1. The number of fused-ring (bicyclic) bond motifs is 1. The topological polar surface area (TPSA) is 53.5 Å². The van der Waals surface area contributed by atoms with Gasteiger partial charge in [-0.3, -0.25) is 0 Å². The lowest BCUT2D eigenvalue weighted by Gasteiger charge is -2.35. The first kappa shape index (κ1) is 20.6. The molecule has 0 aliphatic carbocycles. The van der Waals surface area contributed by atoms with Gasteiger partial charge < -0.3 is 9.80 Å². The zero-order valence-corrected chi connectivity index (χ0v) is 18.3. The molecule has 0 N–H and O–H groups in total. The van der Waals surface area contributed by atoms with E-state index in [1.54, 1.807) is 12.1 Å². The second-order valence-electron chi connectivity index (χ2n) is 7.69. The number of sulfone groups is 1. The van der Waals surface area contributed by atoms with E-state index in [1.165, 1.54) is 17.0 Å². The van der Waals surface area contributed by atoms with Gasteiger partial charge in [0.05, 0.1) is 10.6 Å². The summed E-state index contributed by atoms with van der Waals surface area (Å²) in [6.07, 6.45) is 5.19. The Kier molecular flexibility index (Phi) is 5.88. The van der Waals surface area contributed by atoms with Crippen LogP contribution in [-0.2, 0) is 9.84 Å². The van der Waals surface area contributed by atoms with Crippen molar-refractivity contribution in [3.8, 4) is 0 Å². The Morgan fingerprint density at radius 1 is 0.967 bits per heavy atom. The van der Waals surface area contributed by atoms with Crippen LogP contribution in [0.1, 0.15) is 18.2 Å². The highest BCUT2D eigenvalue weighted by atomic mass is 32.2. The van der Waals surface area contributed by atoms with Crippen LogP contribution in [0.2, 0.25) is 0 Å². The summed E-state index contributed by atoms with van der Waals surface area (Å²) >= 11 is 0. The molecule has 0 amide bonds. The largest absolute Gasteiger partial charge is 0.354 e. The van der Waals surface area contributed by atoms with E-state index in [9.17, 15) is 8.42 Å². The normalized spacial score (nSPS) is 15.9. The Morgan fingerprint density at radius 3 is 2.33 bits per heavy atom. The van der Waals surface area contributed by atoms with Gasteiger partial charge in [-0.15, -0.1) is 0 Å². The fraction of sp³-hybridized carbons (Fsp3) is 0.292. The summed E-state index contributed by atoms with van der Waals surface area (Å²) < 4.78 is 23.3. The van der Waals surface area contributed by atoms with Gasteiger partial charge in [-0.05, 0) is 41.8 Å². The molecular formula is C24H27N3O2S. The molecule has 1 fully saturated rings. The second kappa shape index (κ2) is 8.58. The summed E-state index contributed by atoms with van der Waals surface area (Å²) in [5.74, 6) is 1.04. The minimum absolute atomic E-state index is 0.331. The summed E-state index contributed by atoms with van der Waals surface area (Å²) in [6, 6.07) is 17.4. The summed E-state index contributed by atoms with van der Waals surface area (Å²) in [7, 11) is -3.18. The van der Waals surface area contributed by atoms with Gasteiger partial charge in [-0.2, -0.15) is 0 Å². The highest BCUT2D eigenvalue weighted by molar-refractivity contribution is 7.90. The average Bonchev–Trinajstić information content (AvgIpc) is 2.77. The highest BCUT2D eigenvalue weighted by Gasteiger charge is 2.19. The molecule has 1 saturated heterocycles. The number of benzene rings is 2. The number of aromatic nitrogens is 1. The molecule has 0 atom stereocenters. The summed E-state index contributed by atoms with van der Waals surface area (Å²) in [6.45, 7) is 7.36. The monoisotopic (exact) mass is 421 g/mol. The molecule has 2 aromatic carbocycles. The average molecular weight is 422 g/mol. The van der Waals surface area contributed by atoms with Crippen LogP contribution in [0.5, 0.6) is 0 Å². The molecule has 30 heavy (non-hydrogen) atoms. The molecule has 0 saturated carbocycles. The van der Waals surface area contributed by atoms with Crippen LogP contribution in [0.4, 0.5) is 5.82 Å². The molecule has 4 rings (SSSR count). The van der Waals surface area contributed by atoms with E-state index in [0.717, 1.165) is 49.8 Å². The number of anilines is 1. The predicted molar refractivity (Wildman–Crippen MR) is 125 cm³/mol. The van der Waals surface area contributed by atoms with Gasteiger partial charge in [0, 0.05) is 37.8 Å². The smallest absolute Gasteiger partial charge is 0.175 e. The molecule has 0 bridgehead atoms. The van der Waals surface area contributed by atoms with Crippen molar-refractivity contribution >= 4 is 38.6 Å². The zero-order chi connectivity index (χ0) is 21.1. The number of nitrogens with zero attached hydrogens (tertiary/aromatic N) is 3. The Labute approximate surface area is 178 Å². The van der Waals surface area contributed by atoms with E-state index < -0.39 is 9.84 Å².